The number of Topliss-reactive ketones (excluding diaryl/α,β-unsaturated/α-hetero) is 1. The third kappa shape index (κ3) is 1.82. The summed E-state index contributed by atoms with van der Waals surface area (Å²) in [6, 6.07) is 0. The Balaban J connectivity index is 2.53. The van der Waals surface area contributed by atoms with E-state index in [9.17, 15) is 4.79 Å². The van der Waals surface area contributed by atoms with Gasteiger partial charge in [0.1, 0.15) is 5.78 Å². The summed E-state index contributed by atoms with van der Waals surface area (Å²) in [4.78, 5) is 11.6. The van der Waals surface area contributed by atoms with Crippen molar-refractivity contribution in [3.8, 4) is 0 Å². The van der Waals surface area contributed by atoms with Gasteiger partial charge < -0.3 is 0 Å². The maximum atomic E-state index is 11.6. The van der Waals surface area contributed by atoms with E-state index >= 15 is 0 Å². The summed E-state index contributed by atoms with van der Waals surface area (Å²) in [5.74, 6) is 1.75. The SMILES string of the molecule is CC(C)C(=O)[C@@H]1CCC[C@@H]1C. The van der Waals surface area contributed by atoms with E-state index in [2.05, 4.69) is 6.92 Å². The molecule has 11 heavy (non-hydrogen) atoms. The molecule has 0 spiro atoms. The molecule has 1 heteroatoms. The van der Waals surface area contributed by atoms with Gasteiger partial charge >= 0.3 is 0 Å². The second kappa shape index (κ2) is 3.38. The predicted molar refractivity (Wildman–Crippen MR) is 46.4 cm³/mol. The van der Waals surface area contributed by atoms with Crippen LogP contribution in [0.3, 0.4) is 0 Å². The van der Waals surface area contributed by atoms with Crippen LogP contribution in [0.1, 0.15) is 40.0 Å². The lowest BCUT2D eigenvalue weighted by Crippen LogP contribution is -2.21. The van der Waals surface area contributed by atoms with Gasteiger partial charge in [0.15, 0.2) is 0 Å². The number of hydrogen-bond acceptors (Lipinski definition) is 1. The average molecular weight is 154 g/mol. The molecule has 0 aromatic heterocycles. The van der Waals surface area contributed by atoms with E-state index in [0.29, 0.717) is 17.6 Å². The van der Waals surface area contributed by atoms with Gasteiger partial charge in [0.25, 0.3) is 0 Å². The van der Waals surface area contributed by atoms with Crippen molar-refractivity contribution < 1.29 is 4.79 Å². The first kappa shape index (κ1) is 8.76. The molecular weight excluding hydrogens is 136 g/mol. The third-order valence-corrected chi connectivity index (χ3v) is 2.80. The molecule has 1 saturated carbocycles. The minimum Gasteiger partial charge on any atom is -0.299 e. The van der Waals surface area contributed by atoms with Crippen LogP contribution < -0.4 is 0 Å². The standard InChI is InChI=1S/C10H18O/c1-7(2)10(11)9-6-4-5-8(9)3/h7-9H,4-6H2,1-3H3/t8-,9+/m0/s1. The molecule has 2 atom stereocenters. The lowest BCUT2D eigenvalue weighted by Gasteiger charge is -2.15. The summed E-state index contributed by atoms with van der Waals surface area (Å²) in [6.45, 7) is 6.22. The zero-order valence-electron chi connectivity index (χ0n) is 7.76. The Hall–Kier alpha value is -0.330. The topological polar surface area (TPSA) is 17.1 Å². The molecule has 1 fully saturated rings. The van der Waals surface area contributed by atoms with Gasteiger partial charge in [-0.2, -0.15) is 0 Å². The molecule has 0 aromatic rings. The Kier molecular flexibility index (Phi) is 2.69. The highest BCUT2D eigenvalue weighted by molar-refractivity contribution is 5.83. The zero-order chi connectivity index (χ0) is 8.43. The Labute approximate surface area is 69.2 Å². The van der Waals surface area contributed by atoms with Crippen molar-refractivity contribution >= 4 is 5.78 Å². The maximum Gasteiger partial charge on any atom is 0.138 e. The minimum atomic E-state index is 0.237. The molecule has 0 heterocycles. The van der Waals surface area contributed by atoms with E-state index in [1.54, 1.807) is 0 Å². The van der Waals surface area contributed by atoms with Gasteiger partial charge in [-0.25, -0.2) is 0 Å². The average Bonchev–Trinajstić information content (AvgIpc) is 2.33. The van der Waals surface area contributed by atoms with Gasteiger partial charge in [-0.15, -0.1) is 0 Å². The van der Waals surface area contributed by atoms with Crippen LogP contribution in [0.4, 0.5) is 0 Å². The molecule has 0 aromatic carbocycles. The van der Waals surface area contributed by atoms with Crippen LogP contribution in [0, 0.1) is 17.8 Å². The minimum absolute atomic E-state index is 0.237. The van der Waals surface area contributed by atoms with Gasteiger partial charge in [-0.3, -0.25) is 4.79 Å². The van der Waals surface area contributed by atoms with E-state index in [1.165, 1.54) is 12.8 Å². The highest BCUT2D eigenvalue weighted by Gasteiger charge is 2.30. The van der Waals surface area contributed by atoms with Crippen LogP contribution >= 0.6 is 0 Å². The van der Waals surface area contributed by atoms with Crippen molar-refractivity contribution in [1.29, 1.82) is 0 Å². The smallest absolute Gasteiger partial charge is 0.138 e. The van der Waals surface area contributed by atoms with E-state index in [1.807, 2.05) is 13.8 Å². The van der Waals surface area contributed by atoms with Crippen LogP contribution in [0.2, 0.25) is 0 Å². The summed E-state index contributed by atoms with van der Waals surface area (Å²) < 4.78 is 0. The molecule has 1 aliphatic rings. The van der Waals surface area contributed by atoms with E-state index in [4.69, 9.17) is 0 Å². The quantitative estimate of drug-likeness (QED) is 0.597. The monoisotopic (exact) mass is 154 g/mol. The summed E-state index contributed by atoms with van der Waals surface area (Å²) in [7, 11) is 0. The van der Waals surface area contributed by atoms with Crippen molar-refractivity contribution in [2.45, 2.75) is 40.0 Å². The highest BCUT2D eigenvalue weighted by atomic mass is 16.1. The summed E-state index contributed by atoms with van der Waals surface area (Å²) >= 11 is 0. The van der Waals surface area contributed by atoms with Gasteiger partial charge in [0, 0.05) is 11.8 Å². The Morgan fingerprint density at radius 3 is 2.36 bits per heavy atom. The molecule has 0 unspecified atom stereocenters. The lowest BCUT2D eigenvalue weighted by atomic mass is 9.88. The third-order valence-electron chi connectivity index (χ3n) is 2.80. The van der Waals surface area contributed by atoms with Crippen molar-refractivity contribution in [3.63, 3.8) is 0 Å². The van der Waals surface area contributed by atoms with Gasteiger partial charge in [-0.05, 0) is 18.8 Å². The highest BCUT2D eigenvalue weighted by Crippen LogP contribution is 2.33. The number of ketones is 1. The molecule has 0 radical (unpaired) electrons. The van der Waals surface area contributed by atoms with Crippen molar-refractivity contribution in [2.24, 2.45) is 17.8 Å². The van der Waals surface area contributed by atoms with Crippen LogP contribution in [-0.2, 0) is 4.79 Å². The first-order chi connectivity index (χ1) is 5.13. The van der Waals surface area contributed by atoms with Crippen LogP contribution in [0.15, 0.2) is 0 Å². The molecule has 0 N–H and O–H groups in total. The molecule has 0 bridgehead atoms. The van der Waals surface area contributed by atoms with Crippen molar-refractivity contribution in [1.82, 2.24) is 0 Å². The Morgan fingerprint density at radius 1 is 1.36 bits per heavy atom. The van der Waals surface area contributed by atoms with Crippen LogP contribution in [0.5, 0.6) is 0 Å². The molecule has 1 aliphatic carbocycles. The van der Waals surface area contributed by atoms with Crippen molar-refractivity contribution in [3.05, 3.63) is 0 Å². The first-order valence-electron chi connectivity index (χ1n) is 4.66. The lowest BCUT2D eigenvalue weighted by molar-refractivity contribution is -0.126. The van der Waals surface area contributed by atoms with E-state index < -0.39 is 0 Å². The summed E-state index contributed by atoms with van der Waals surface area (Å²) in [6.07, 6.45) is 3.64. The van der Waals surface area contributed by atoms with Crippen LogP contribution in [0.25, 0.3) is 0 Å². The number of carbonyl (C=O) groups is 1. The fourth-order valence-corrected chi connectivity index (χ4v) is 2.00. The van der Waals surface area contributed by atoms with E-state index in [-0.39, 0.29) is 5.92 Å². The second-order valence-corrected chi connectivity index (χ2v) is 4.07. The zero-order valence-corrected chi connectivity index (χ0v) is 7.76. The predicted octanol–water partition coefficient (Wildman–Crippen LogP) is 2.65. The van der Waals surface area contributed by atoms with Gasteiger partial charge in [0.2, 0.25) is 0 Å². The largest absolute Gasteiger partial charge is 0.299 e. The van der Waals surface area contributed by atoms with Gasteiger partial charge in [0.05, 0.1) is 0 Å². The number of carbonyl (C=O) groups excluding carboxylic acids is 1. The van der Waals surface area contributed by atoms with Crippen molar-refractivity contribution in [2.75, 3.05) is 0 Å². The number of rotatable bonds is 2. The Bertz CT molecular complexity index is 149. The molecule has 0 amide bonds. The first-order valence-corrected chi connectivity index (χ1v) is 4.66. The summed E-state index contributed by atoms with van der Waals surface area (Å²) in [5.41, 5.74) is 0. The van der Waals surface area contributed by atoms with E-state index in [0.717, 1.165) is 6.42 Å². The summed E-state index contributed by atoms with van der Waals surface area (Å²) in [5, 5.41) is 0. The molecule has 0 aliphatic heterocycles. The molecular formula is C10H18O. The molecule has 1 rings (SSSR count). The fourth-order valence-electron chi connectivity index (χ4n) is 2.00. The van der Waals surface area contributed by atoms with Gasteiger partial charge in [-0.1, -0.05) is 27.2 Å². The molecule has 0 saturated heterocycles. The maximum absolute atomic E-state index is 11.6. The number of hydrogen-bond donors (Lipinski definition) is 0. The molecule has 1 nitrogen and oxygen atoms in total. The van der Waals surface area contributed by atoms with Crippen LogP contribution in [-0.4, -0.2) is 5.78 Å². The fraction of sp³-hybridized carbons (Fsp3) is 0.900. The Morgan fingerprint density at radius 2 is 2.00 bits per heavy atom. The second-order valence-electron chi connectivity index (χ2n) is 4.07. The normalized spacial score (nSPS) is 31.3. The molecule has 64 valence electrons.